The second-order valence-electron chi connectivity index (χ2n) is 4.12. The van der Waals surface area contributed by atoms with Crippen molar-refractivity contribution in [3.63, 3.8) is 0 Å². The van der Waals surface area contributed by atoms with Crippen molar-refractivity contribution >= 4 is 33.2 Å². The summed E-state index contributed by atoms with van der Waals surface area (Å²) in [6, 6.07) is 8.28. The number of halogens is 2. The number of nitrogens with one attached hydrogen (secondary N) is 1. The van der Waals surface area contributed by atoms with E-state index in [0.29, 0.717) is 0 Å². The summed E-state index contributed by atoms with van der Waals surface area (Å²) in [6.07, 6.45) is 0. The summed E-state index contributed by atoms with van der Waals surface area (Å²) in [5.74, 6) is -1.25. The molecule has 1 amide bonds. The van der Waals surface area contributed by atoms with Gasteiger partial charge in [0.05, 0.1) is 21.2 Å². The molecule has 0 aliphatic heterocycles. The molecule has 0 spiro atoms. The van der Waals surface area contributed by atoms with Crippen LogP contribution in [0.5, 0.6) is 0 Å². The number of benzene rings is 2. The molecule has 0 bridgehead atoms. The number of nitrogens with two attached hydrogens (primary N) is 1. The number of hydrogen-bond donors (Lipinski definition) is 2. The Labute approximate surface area is 125 Å². The van der Waals surface area contributed by atoms with E-state index in [9.17, 15) is 17.6 Å². The van der Waals surface area contributed by atoms with Crippen molar-refractivity contribution < 1.29 is 17.6 Å². The van der Waals surface area contributed by atoms with Gasteiger partial charge >= 0.3 is 0 Å². The number of sulfonamides is 1. The van der Waals surface area contributed by atoms with Crippen molar-refractivity contribution in [3.05, 3.63) is 58.9 Å². The molecule has 2 aromatic carbocycles. The summed E-state index contributed by atoms with van der Waals surface area (Å²) in [5.41, 5.74) is 5.35. The minimum atomic E-state index is -3.87. The van der Waals surface area contributed by atoms with Gasteiger partial charge in [-0.3, -0.25) is 9.52 Å². The van der Waals surface area contributed by atoms with Crippen molar-refractivity contribution in [1.29, 1.82) is 0 Å². The summed E-state index contributed by atoms with van der Waals surface area (Å²) in [4.78, 5) is 10.9. The minimum absolute atomic E-state index is 0.0295. The lowest BCUT2D eigenvalue weighted by Crippen LogP contribution is -2.14. The first-order valence-corrected chi connectivity index (χ1v) is 7.53. The number of carbonyl (C=O) groups is 1. The second kappa shape index (κ2) is 5.71. The van der Waals surface area contributed by atoms with E-state index in [0.717, 1.165) is 24.3 Å². The zero-order valence-electron chi connectivity index (χ0n) is 10.5. The molecule has 0 heterocycles. The molecule has 5 nitrogen and oxygen atoms in total. The third-order valence-electron chi connectivity index (χ3n) is 2.61. The van der Waals surface area contributed by atoms with E-state index in [2.05, 4.69) is 4.72 Å². The predicted octanol–water partition coefficient (Wildman–Crippen LogP) is 2.38. The van der Waals surface area contributed by atoms with Gasteiger partial charge in [-0.2, -0.15) is 0 Å². The summed E-state index contributed by atoms with van der Waals surface area (Å²) in [6.45, 7) is 0. The zero-order valence-corrected chi connectivity index (χ0v) is 12.1. The Morgan fingerprint density at radius 2 is 1.76 bits per heavy atom. The molecule has 0 aromatic heterocycles. The maximum atomic E-state index is 12.8. The Bertz CT molecular complexity index is 792. The normalized spacial score (nSPS) is 11.1. The molecule has 8 heteroatoms. The zero-order chi connectivity index (χ0) is 15.6. The average Bonchev–Trinajstić information content (AvgIpc) is 2.38. The van der Waals surface area contributed by atoms with E-state index in [4.69, 9.17) is 17.3 Å². The van der Waals surface area contributed by atoms with Gasteiger partial charge in [0.15, 0.2) is 0 Å². The third-order valence-corrected chi connectivity index (χ3v) is 4.32. The molecule has 2 rings (SSSR count). The first kappa shape index (κ1) is 15.3. The molecule has 0 fully saturated rings. The third kappa shape index (κ3) is 3.50. The number of carbonyl (C=O) groups excluding carboxylic acids is 1. The van der Waals surface area contributed by atoms with E-state index >= 15 is 0 Å². The van der Waals surface area contributed by atoms with Crippen LogP contribution < -0.4 is 10.5 Å². The lowest BCUT2D eigenvalue weighted by atomic mass is 10.2. The molecule has 0 atom stereocenters. The lowest BCUT2D eigenvalue weighted by Gasteiger charge is -2.09. The highest BCUT2D eigenvalue weighted by molar-refractivity contribution is 7.92. The van der Waals surface area contributed by atoms with Crippen molar-refractivity contribution in [2.24, 2.45) is 5.73 Å². The van der Waals surface area contributed by atoms with E-state index in [1.165, 1.54) is 18.2 Å². The number of rotatable bonds is 4. The quantitative estimate of drug-likeness (QED) is 0.903. The Morgan fingerprint density at radius 3 is 2.29 bits per heavy atom. The highest BCUT2D eigenvalue weighted by atomic mass is 35.5. The molecule has 110 valence electrons. The Kier molecular flexibility index (Phi) is 4.15. The van der Waals surface area contributed by atoms with E-state index in [-0.39, 0.29) is 21.2 Å². The van der Waals surface area contributed by atoms with Crippen LogP contribution in [-0.4, -0.2) is 14.3 Å². The van der Waals surface area contributed by atoms with Crippen LogP contribution in [0.3, 0.4) is 0 Å². The molecule has 0 aliphatic rings. The molecule has 2 aromatic rings. The van der Waals surface area contributed by atoms with Crippen molar-refractivity contribution in [2.45, 2.75) is 4.90 Å². The lowest BCUT2D eigenvalue weighted by molar-refractivity contribution is 0.100. The van der Waals surface area contributed by atoms with Crippen molar-refractivity contribution in [1.82, 2.24) is 0 Å². The van der Waals surface area contributed by atoms with Crippen molar-refractivity contribution in [3.8, 4) is 0 Å². The van der Waals surface area contributed by atoms with Gasteiger partial charge in [0.2, 0.25) is 5.91 Å². The van der Waals surface area contributed by atoms with Gasteiger partial charge in [0.1, 0.15) is 5.82 Å². The summed E-state index contributed by atoms with van der Waals surface area (Å²) < 4.78 is 39.2. The fraction of sp³-hybridized carbons (Fsp3) is 0. The SMILES string of the molecule is NC(=O)c1ccc(NS(=O)(=O)c2ccc(F)cc2)cc1Cl. The second-order valence-corrected chi connectivity index (χ2v) is 6.21. The van der Waals surface area contributed by atoms with Crippen LogP contribution in [0.4, 0.5) is 10.1 Å². The molecule has 0 unspecified atom stereocenters. The molecule has 0 aliphatic carbocycles. The van der Waals surface area contributed by atoms with Crippen LogP contribution in [0.25, 0.3) is 0 Å². The van der Waals surface area contributed by atoms with Crippen LogP contribution in [0, 0.1) is 5.82 Å². The van der Waals surface area contributed by atoms with E-state index in [1.807, 2.05) is 0 Å². The number of primary amides is 1. The predicted molar refractivity (Wildman–Crippen MR) is 77.2 cm³/mol. The van der Waals surface area contributed by atoms with Gasteiger partial charge in [-0.25, -0.2) is 12.8 Å². The Morgan fingerprint density at radius 1 is 1.14 bits per heavy atom. The molecule has 0 saturated heterocycles. The molecule has 3 N–H and O–H groups in total. The fourth-order valence-corrected chi connectivity index (χ4v) is 2.93. The summed E-state index contributed by atoms with van der Waals surface area (Å²) in [7, 11) is -3.87. The molecule has 21 heavy (non-hydrogen) atoms. The first-order chi connectivity index (χ1) is 9.79. The van der Waals surface area contributed by atoms with Gasteiger partial charge in [-0.15, -0.1) is 0 Å². The van der Waals surface area contributed by atoms with Crippen molar-refractivity contribution in [2.75, 3.05) is 4.72 Å². The van der Waals surface area contributed by atoms with E-state index in [1.54, 1.807) is 0 Å². The topological polar surface area (TPSA) is 89.3 Å². The van der Waals surface area contributed by atoms with Gasteiger partial charge in [0.25, 0.3) is 10.0 Å². The molecule has 0 saturated carbocycles. The first-order valence-electron chi connectivity index (χ1n) is 5.67. The smallest absolute Gasteiger partial charge is 0.261 e. The number of amides is 1. The average molecular weight is 329 g/mol. The Balaban J connectivity index is 2.31. The van der Waals surface area contributed by atoms with Gasteiger partial charge in [-0.1, -0.05) is 11.6 Å². The maximum Gasteiger partial charge on any atom is 0.261 e. The van der Waals surface area contributed by atoms with Crippen LogP contribution in [0.2, 0.25) is 5.02 Å². The summed E-state index contributed by atoms with van der Waals surface area (Å²) in [5, 5.41) is 0.0295. The van der Waals surface area contributed by atoms with Gasteiger partial charge in [-0.05, 0) is 42.5 Å². The van der Waals surface area contributed by atoms with E-state index < -0.39 is 21.7 Å². The molecular weight excluding hydrogens is 319 g/mol. The minimum Gasteiger partial charge on any atom is -0.366 e. The number of hydrogen-bond acceptors (Lipinski definition) is 3. The fourth-order valence-electron chi connectivity index (χ4n) is 1.61. The van der Waals surface area contributed by atoms with Crippen LogP contribution in [0.15, 0.2) is 47.4 Å². The van der Waals surface area contributed by atoms with Crippen LogP contribution in [0.1, 0.15) is 10.4 Å². The van der Waals surface area contributed by atoms with Crippen LogP contribution in [-0.2, 0) is 10.0 Å². The Hall–Kier alpha value is -2.12. The highest BCUT2D eigenvalue weighted by Gasteiger charge is 2.15. The maximum absolute atomic E-state index is 12.8. The standard InChI is InChI=1S/C13H10ClFN2O3S/c14-12-7-9(3-6-11(12)13(16)18)17-21(19,20)10-4-1-8(15)2-5-10/h1-7,17H,(H2,16,18). The van der Waals surface area contributed by atoms with Crippen LogP contribution >= 0.6 is 11.6 Å². The largest absolute Gasteiger partial charge is 0.366 e. The molecular formula is C13H10ClFN2O3S. The number of anilines is 1. The molecule has 0 radical (unpaired) electrons. The highest BCUT2D eigenvalue weighted by Crippen LogP contribution is 2.23. The van der Waals surface area contributed by atoms with Gasteiger partial charge < -0.3 is 5.73 Å². The van der Waals surface area contributed by atoms with Gasteiger partial charge in [0, 0.05) is 0 Å². The summed E-state index contributed by atoms with van der Waals surface area (Å²) >= 11 is 5.83. The monoisotopic (exact) mass is 328 g/mol.